The Hall–Kier alpha value is -2.26. The third kappa shape index (κ3) is 2.54. The third-order valence-electron chi connectivity index (χ3n) is 5.47. The minimum atomic E-state index is 0.0339. The van der Waals surface area contributed by atoms with Crippen LogP contribution in [0.25, 0.3) is 5.65 Å². The van der Waals surface area contributed by atoms with E-state index >= 15 is 0 Å². The Morgan fingerprint density at radius 2 is 1.96 bits per heavy atom. The first kappa shape index (κ1) is 15.0. The number of hydrogen-bond acceptors (Lipinski definition) is 7. The van der Waals surface area contributed by atoms with Gasteiger partial charge in [0, 0.05) is 39.1 Å². The first-order chi connectivity index (χ1) is 12.2. The molecule has 5 rings (SSSR count). The number of amides is 1. The third-order valence-corrected chi connectivity index (χ3v) is 5.47. The fraction of sp³-hybridized carbons (Fsp3) is 0.625. The Balaban J connectivity index is 1.27. The molecule has 0 aromatic carbocycles. The Morgan fingerprint density at radius 3 is 2.68 bits per heavy atom. The molecule has 1 aliphatic carbocycles. The molecule has 2 N–H and O–H groups in total. The molecule has 0 radical (unpaired) electrons. The maximum absolute atomic E-state index is 12.5. The molecule has 132 valence electrons. The average molecular weight is 342 g/mol. The van der Waals surface area contributed by atoms with E-state index in [9.17, 15) is 4.79 Å². The number of hydrogen-bond donors (Lipinski definition) is 2. The van der Waals surface area contributed by atoms with Crippen molar-refractivity contribution < 1.29 is 4.79 Å². The highest BCUT2D eigenvalue weighted by atomic mass is 16.2. The minimum Gasteiger partial charge on any atom is -0.351 e. The van der Waals surface area contributed by atoms with E-state index in [4.69, 9.17) is 5.10 Å². The molecule has 4 heterocycles. The van der Waals surface area contributed by atoms with Gasteiger partial charge < -0.3 is 9.80 Å². The van der Waals surface area contributed by atoms with Crippen molar-refractivity contribution >= 4 is 17.4 Å². The van der Waals surface area contributed by atoms with Crippen molar-refractivity contribution in [3.05, 3.63) is 18.0 Å². The molecule has 2 saturated heterocycles. The fourth-order valence-electron chi connectivity index (χ4n) is 3.55. The van der Waals surface area contributed by atoms with Crippen molar-refractivity contribution in [3.8, 4) is 0 Å². The van der Waals surface area contributed by atoms with E-state index < -0.39 is 0 Å². The molecule has 0 unspecified atom stereocenters. The fourth-order valence-corrected chi connectivity index (χ4v) is 3.55. The normalized spacial score (nSPS) is 21.7. The minimum absolute atomic E-state index is 0.0339. The topological polar surface area (TPSA) is 90.7 Å². The van der Waals surface area contributed by atoms with Gasteiger partial charge in [-0.05, 0) is 25.0 Å². The van der Waals surface area contributed by atoms with Crippen LogP contribution >= 0.6 is 0 Å². The molecule has 9 heteroatoms. The standard InChI is InChI=1S/C16H22N8O/c1-22(16(25)11-6-17-18-7-11)12-8-23(9-12)14-5-4-13-19-20-15(10-2-3-10)24(13)21-14/h4-5,10-12,17-18H,2-3,6-9H2,1H3. The van der Waals surface area contributed by atoms with Crippen molar-refractivity contribution in [2.45, 2.75) is 24.8 Å². The van der Waals surface area contributed by atoms with Crippen LogP contribution in [0.5, 0.6) is 0 Å². The van der Waals surface area contributed by atoms with Crippen LogP contribution in [0, 0.1) is 5.92 Å². The summed E-state index contributed by atoms with van der Waals surface area (Å²) in [7, 11) is 1.91. The molecule has 3 fully saturated rings. The van der Waals surface area contributed by atoms with E-state index in [1.165, 1.54) is 12.8 Å². The van der Waals surface area contributed by atoms with E-state index in [-0.39, 0.29) is 17.9 Å². The first-order valence-corrected chi connectivity index (χ1v) is 8.90. The van der Waals surface area contributed by atoms with E-state index in [1.54, 1.807) is 0 Å². The Kier molecular flexibility index (Phi) is 3.39. The summed E-state index contributed by atoms with van der Waals surface area (Å²) in [5.74, 6) is 2.66. The summed E-state index contributed by atoms with van der Waals surface area (Å²) < 4.78 is 1.88. The van der Waals surface area contributed by atoms with Crippen molar-refractivity contribution in [2.24, 2.45) is 5.92 Å². The number of carbonyl (C=O) groups excluding carboxylic acids is 1. The molecule has 25 heavy (non-hydrogen) atoms. The molecule has 2 aromatic heterocycles. The van der Waals surface area contributed by atoms with Crippen LogP contribution < -0.4 is 15.8 Å². The molecular weight excluding hydrogens is 320 g/mol. The van der Waals surface area contributed by atoms with Gasteiger partial charge in [0.15, 0.2) is 11.5 Å². The average Bonchev–Trinajstić information content (AvgIpc) is 3.11. The molecule has 0 spiro atoms. The van der Waals surface area contributed by atoms with Crippen LogP contribution in [0.2, 0.25) is 0 Å². The zero-order valence-electron chi connectivity index (χ0n) is 14.2. The molecule has 0 atom stereocenters. The van der Waals surface area contributed by atoms with Gasteiger partial charge in [-0.2, -0.15) is 4.52 Å². The van der Waals surface area contributed by atoms with Crippen molar-refractivity contribution in [1.29, 1.82) is 0 Å². The lowest BCUT2D eigenvalue weighted by atomic mass is 10.0. The van der Waals surface area contributed by atoms with Crippen LogP contribution in [0.3, 0.4) is 0 Å². The summed E-state index contributed by atoms with van der Waals surface area (Å²) in [4.78, 5) is 16.6. The number of nitrogens with zero attached hydrogens (tertiary/aromatic N) is 6. The number of fused-ring (bicyclic) bond motifs is 1. The van der Waals surface area contributed by atoms with Gasteiger partial charge in [-0.25, -0.2) is 0 Å². The number of aromatic nitrogens is 4. The number of anilines is 1. The van der Waals surface area contributed by atoms with Crippen LogP contribution in [-0.2, 0) is 4.79 Å². The number of carbonyl (C=O) groups is 1. The van der Waals surface area contributed by atoms with Gasteiger partial charge >= 0.3 is 0 Å². The van der Waals surface area contributed by atoms with Crippen molar-refractivity contribution in [1.82, 2.24) is 35.6 Å². The van der Waals surface area contributed by atoms with Gasteiger partial charge in [-0.3, -0.25) is 15.6 Å². The number of hydrazine groups is 1. The first-order valence-electron chi connectivity index (χ1n) is 8.90. The Bertz CT molecular complexity index is 804. The molecule has 2 aliphatic heterocycles. The lowest BCUT2D eigenvalue weighted by Gasteiger charge is -2.45. The zero-order chi connectivity index (χ0) is 17.0. The summed E-state index contributed by atoms with van der Waals surface area (Å²) in [6, 6.07) is 4.21. The molecular formula is C16H22N8O. The lowest BCUT2D eigenvalue weighted by molar-refractivity contribution is -0.135. The van der Waals surface area contributed by atoms with E-state index in [0.717, 1.165) is 30.4 Å². The van der Waals surface area contributed by atoms with Gasteiger partial charge in [0.2, 0.25) is 5.91 Å². The molecule has 1 amide bonds. The van der Waals surface area contributed by atoms with Gasteiger partial charge in [0.1, 0.15) is 5.82 Å². The second-order valence-corrected chi connectivity index (χ2v) is 7.26. The molecule has 9 nitrogen and oxygen atoms in total. The van der Waals surface area contributed by atoms with Crippen LogP contribution in [-0.4, -0.2) is 69.9 Å². The predicted molar refractivity (Wildman–Crippen MR) is 91.0 cm³/mol. The van der Waals surface area contributed by atoms with E-state index in [1.807, 2.05) is 28.6 Å². The Morgan fingerprint density at radius 1 is 1.20 bits per heavy atom. The maximum Gasteiger partial charge on any atom is 0.228 e. The smallest absolute Gasteiger partial charge is 0.228 e. The Labute approximate surface area is 145 Å². The van der Waals surface area contributed by atoms with Gasteiger partial charge in [-0.15, -0.1) is 15.3 Å². The summed E-state index contributed by atoms with van der Waals surface area (Å²) in [5, 5.41) is 13.2. The maximum atomic E-state index is 12.5. The highest BCUT2D eigenvalue weighted by Gasteiger charge is 2.37. The highest BCUT2D eigenvalue weighted by molar-refractivity contribution is 5.80. The number of nitrogens with one attached hydrogen (secondary N) is 2. The lowest BCUT2D eigenvalue weighted by Crippen LogP contribution is -2.61. The zero-order valence-corrected chi connectivity index (χ0v) is 14.2. The highest BCUT2D eigenvalue weighted by Crippen LogP contribution is 2.38. The van der Waals surface area contributed by atoms with E-state index in [0.29, 0.717) is 19.0 Å². The molecule has 0 bridgehead atoms. The van der Waals surface area contributed by atoms with Crippen LogP contribution in [0.1, 0.15) is 24.6 Å². The van der Waals surface area contributed by atoms with Crippen LogP contribution in [0.4, 0.5) is 5.82 Å². The summed E-state index contributed by atoms with van der Waals surface area (Å²) in [6.07, 6.45) is 2.35. The van der Waals surface area contributed by atoms with Gasteiger partial charge in [-0.1, -0.05) is 0 Å². The van der Waals surface area contributed by atoms with Gasteiger partial charge in [0.05, 0.1) is 12.0 Å². The molecule has 2 aromatic rings. The number of rotatable bonds is 4. The van der Waals surface area contributed by atoms with E-state index in [2.05, 4.69) is 25.9 Å². The summed E-state index contributed by atoms with van der Waals surface area (Å²) in [5.41, 5.74) is 6.84. The van der Waals surface area contributed by atoms with Crippen molar-refractivity contribution in [3.63, 3.8) is 0 Å². The monoisotopic (exact) mass is 342 g/mol. The number of likely N-dealkylation sites (N-methyl/N-ethyl adjacent to an activating group) is 1. The summed E-state index contributed by atoms with van der Waals surface area (Å²) in [6.45, 7) is 3.04. The van der Waals surface area contributed by atoms with Crippen molar-refractivity contribution in [2.75, 3.05) is 38.1 Å². The van der Waals surface area contributed by atoms with Gasteiger partial charge in [0.25, 0.3) is 0 Å². The quantitative estimate of drug-likeness (QED) is 0.765. The summed E-state index contributed by atoms with van der Waals surface area (Å²) >= 11 is 0. The molecule has 3 aliphatic rings. The molecule has 1 saturated carbocycles. The SMILES string of the molecule is CN(C(=O)C1CNNC1)C1CN(c2ccc3nnc(C4CC4)n3n2)C1. The predicted octanol–water partition coefficient (Wildman–Crippen LogP) is -0.627. The second-order valence-electron chi connectivity index (χ2n) is 7.26. The largest absolute Gasteiger partial charge is 0.351 e. The second kappa shape index (κ2) is 5.63. The van der Waals surface area contributed by atoms with Crippen LogP contribution in [0.15, 0.2) is 12.1 Å².